The van der Waals surface area contributed by atoms with Gasteiger partial charge in [-0.2, -0.15) is 0 Å². The molecule has 114 valence electrons. The van der Waals surface area contributed by atoms with E-state index < -0.39 is 0 Å². The van der Waals surface area contributed by atoms with Crippen LogP contribution >= 0.6 is 43.2 Å². The summed E-state index contributed by atoms with van der Waals surface area (Å²) < 4.78 is 2.23. The summed E-state index contributed by atoms with van der Waals surface area (Å²) in [5, 5.41) is 5.79. The summed E-state index contributed by atoms with van der Waals surface area (Å²) in [5.41, 5.74) is 1.28. The molecule has 2 nitrogen and oxygen atoms in total. The smallest absolute Gasteiger partial charge is 0.0561 e. The van der Waals surface area contributed by atoms with E-state index in [2.05, 4.69) is 98.8 Å². The Morgan fingerprint density at radius 2 is 2.00 bits per heavy atom. The van der Waals surface area contributed by atoms with Crippen LogP contribution in [0, 0.1) is 0 Å². The molecular formula is C16H20Br2N2S. The van der Waals surface area contributed by atoms with Crippen LogP contribution in [0.15, 0.2) is 44.7 Å². The number of hydrogen-bond donors (Lipinski definition) is 1. The van der Waals surface area contributed by atoms with Crippen LogP contribution in [0.2, 0.25) is 0 Å². The summed E-state index contributed by atoms with van der Waals surface area (Å²) in [4.78, 5) is 3.66. The van der Waals surface area contributed by atoms with Crippen molar-refractivity contribution in [3.05, 3.63) is 55.1 Å². The SMILES string of the molecule is CC(NCC(c1cccs1)N(C)C)c1ccc(Br)cc1Br. The summed E-state index contributed by atoms with van der Waals surface area (Å²) in [6.45, 7) is 3.13. The van der Waals surface area contributed by atoms with Crippen molar-refractivity contribution in [2.45, 2.75) is 19.0 Å². The number of likely N-dealkylation sites (N-methyl/N-ethyl adjacent to an activating group) is 1. The summed E-state index contributed by atoms with van der Waals surface area (Å²) in [7, 11) is 4.26. The fourth-order valence-electron chi connectivity index (χ4n) is 2.27. The second-order valence-electron chi connectivity index (χ2n) is 5.29. The third-order valence-corrected chi connectivity index (χ3v) is 5.69. The Kier molecular flexibility index (Phi) is 6.44. The van der Waals surface area contributed by atoms with Gasteiger partial charge in [-0.1, -0.05) is 44.0 Å². The molecule has 1 aromatic heterocycles. The van der Waals surface area contributed by atoms with E-state index in [9.17, 15) is 0 Å². The zero-order valence-electron chi connectivity index (χ0n) is 12.4. The van der Waals surface area contributed by atoms with Gasteiger partial charge in [-0.05, 0) is 50.2 Å². The molecule has 21 heavy (non-hydrogen) atoms. The van der Waals surface area contributed by atoms with Crippen molar-refractivity contribution in [1.82, 2.24) is 10.2 Å². The topological polar surface area (TPSA) is 15.3 Å². The minimum Gasteiger partial charge on any atom is -0.308 e. The molecule has 0 spiro atoms. The Morgan fingerprint density at radius 3 is 2.57 bits per heavy atom. The average Bonchev–Trinajstić information content (AvgIpc) is 2.92. The lowest BCUT2D eigenvalue weighted by Crippen LogP contribution is -2.32. The van der Waals surface area contributed by atoms with Crippen LogP contribution in [0.4, 0.5) is 0 Å². The Balaban J connectivity index is 2.03. The van der Waals surface area contributed by atoms with Gasteiger partial charge in [0.2, 0.25) is 0 Å². The first kappa shape index (κ1) is 17.2. The Morgan fingerprint density at radius 1 is 1.24 bits per heavy atom. The van der Waals surface area contributed by atoms with E-state index in [0.29, 0.717) is 12.1 Å². The number of thiophene rings is 1. The van der Waals surface area contributed by atoms with Gasteiger partial charge in [-0.15, -0.1) is 11.3 Å². The average molecular weight is 432 g/mol. The second kappa shape index (κ2) is 7.88. The van der Waals surface area contributed by atoms with Crippen LogP contribution in [-0.2, 0) is 0 Å². The molecule has 1 heterocycles. The van der Waals surface area contributed by atoms with Gasteiger partial charge in [-0.3, -0.25) is 0 Å². The highest BCUT2D eigenvalue weighted by Gasteiger charge is 2.17. The molecular weight excluding hydrogens is 412 g/mol. The van der Waals surface area contributed by atoms with Crippen molar-refractivity contribution in [3.63, 3.8) is 0 Å². The molecule has 0 aliphatic carbocycles. The minimum atomic E-state index is 0.301. The van der Waals surface area contributed by atoms with E-state index >= 15 is 0 Å². The van der Waals surface area contributed by atoms with E-state index in [-0.39, 0.29) is 0 Å². The zero-order valence-corrected chi connectivity index (χ0v) is 16.4. The first-order chi connectivity index (χ1) is 9.99. The molecule has 1 N–H and O–H groups in total. The Hall–Kier alpha value is -0.200. The van der Waals surface area contributed by atoms with Crippen LogP contribution < -0.4 is 5.32 Å². The summed E-state index contributed by atoms with van der Waals surface area (Å²) in [6, 6.07) is 11.4. The summed E-state index contributed by atoms with van der Waals surface area (Å²) in [6.07, 6.45) is 0. The minimum absolute atomic E-state index is 0.301. The van der Waals surface area contributed by atoms with Gasteiger partial charge in [0.25, 0.3) is 0 Å². The first-order valence-corrected chi connectivity index (χ1v) is 9.33. The number of nitrogens with one attached hydrogen (secondary N) is 1. The van der Waals surface area contributed by atoms with Crippen molar-refractivity contribution < 1.29 is 0 Å². The molecule has 0 radical (unpaired) electrons. The van der Waals surface area contributed by atoms with Crippen LogP contribution in [0.5, 0.6) is 0 Å². The molecule has 0 fully saturated rings. The number of benzene rings is 1. The number of rotatable bonds is 6. The molecule has 0 amide bonds. The van der Waals surface area contributed by atoms with Gasteiger partial charge < -0.3 is 10.2 Å². The maximum absolute atomic E-state index is 3.65. The number of nitrogens with zero attached hydrogens (tertiary/aromatic N) is 1. The highest BCUT2D eigenvalue weighted by Crippen LogP contribution is 2.28. The first-order valence-electron chi connectivity index (χ1n) is 6.87. The van der Waals surface area contributed by atoms with Gasteiger partial charge in [-0.25, -0.2) is 0 Å². The number of halogens is 2. The molecule has 0 aliphatic rings. The zero-order chi connectivity index (χ0) is 15.4. The molecule has 0 saturated heterocycles. The van der Waals surface area contributed by atoms with Gasteiger partial charge >= 0.3 is 0 Å². The lowest BCUT2D eigenvalue weighted by atomic mass is 10.1. The van der Waals surface area contributed by atoms with Crippen LogP contribution in [-0.4, -0.2) is 25.5 Å². The van der Waals surface area contributed by atoms with Crippen molar-refractivity contribution >= 4 is 43.2 Å². The predicted octanol–water partition coefficient (Wildman–Crippen LogP) is 5.23. The number of hydrogen-bond acceptors (Lipinski definition) is 3. The third kappa shape index (κ3) is 4.63. The molecule has 5 heteroatoms. The lowest BCUT2D eigenvalue weighted by molar-refractivity contribution is 0.285. The van der Waals surface area contributed by atoms with Crippen molar-refractivity contribution in [1.29, 1.82) is 0 Å². The monoisotopic (exact) mass is 430 g/mol. The summed E-state index contributed by atoms with van der Waals surface area (Å²) in [5.74, 6) is 0. The van der Waals surface area contributed by atoms with E-state index in [4.69, 9.17) is 0 Å². The molecule has 0 saturated carbocycles. The maximum Gasteiger partial charge on any atom is 0.0561 e. The van der Waals surface area contributed by atoms with Gasteiger partial charge in [0.05, 0.1) is 6.04 Å². The van der Waals surface area contributed by atoms with Crippen molar-refractivity contribution in [3.8, 4) is 0 Å². The second-order valence-corrected chi connectivity index (χ2v) is 8.04. The fraction of sp³-hybridized carbons (Fsp3) is 0.375. The standard InChI is InChI=1S/C16H20Br2N2S/c1-11(13-7-6-12(17)9-14(13)18)19-10-15(20(2)3)16-5-4-8-21-16/h4-9,11,15,19H,10H2,1-3H3. The normalized spacial score (nSPS) is 14.4. The van der Waals surface area contributed by atoms with Gasteiger partial charge in [0.15, 0.2) is 0 Å². The van der Waals surface area contributed by atoms with E-state index in [0.717, 1.165) is 15.5 Å². The van der Waals surface area contributed by atoms with Crippen LogP contribution in [0.3, 0.4) is 0 Å². The third-order valence-electron chi connectivity index (χ3n) is 3.54. The van der Waals surface area contributed by atoms with Crippen molar-refractivity contribution in [2.75, 3.05) is 20.6 Å². The van der Waals surface area contributed by atoms with E-state index in [1.165, 1.54) is 10.4 Å². The molecule has 1 aromatic carbocycles. The highest BCUT2D eigenvalue weighted by molar-refractivity contribution is 9.11. The molecule has 0 bridgehead atoms. The summed E-state index contributed by atoms with van der Waals surface area (Å²) >= 11 is 8.96. The predicted molar refractivity (Wildman–Crippen MR) is 99.0 cm³/mol. The molecule has 0 aliphatic heterocycles. The van der Waals surface area contributed by atoms with Gasteiger partial charge in [0, 0.05) is 26.4 Å². The molecule has 2 rings (SSSR count). The maximum atomic E-state index is 3.65. The van der Waals surface area contributed by atoms with E-state index in [1.807, 2.05) is 11.3 Å². The van der Waals surface area contributed by atoms with Gasteiger partial charge in [0.1, 0.15) is 0 Å². The molecule has 2 aromatic rings. The van der Waals surface area contributed by atoms with Crippen LogP contribution in [0.1, 0.15) is 29.4 Å². The lowest BCUT2D eigenvalue weighted by Gasteiger charge is -2.26. The highest BCUT2D eigenvalue weighted by atomic mass is 79.9. The fourth-order valence-corrected chi connectivity index (χ4v) is 4.58. The quantitative estimate of drug-likeness (QED) is 0.673. The molecule has 2 unspecified atom stereocenters. The Bertz CT molecular complexity index is 570. The van der Waals surface area contributed by atoms with E-state index in [1.54, 1.807) is 0 Å². The van der Waals surface area contributed by atoms with Crippen molar-refractivity contribution in [2.24, 2.45) is 0 Å². The van der Waals surface area contributed by atoms with Crippen LogP contribution in [0.25, 0.3) is 0 Å². The Labute approximate surface area is 147 Å². The largest absolute Gasteiger partial charge is 0.308 e. The molecule has 2 atom stereocenters.